The van der Waals surface area contributed by atoms with E-state index in [9.17, 15) is 4.79 Å². The zero-order valence-electron chi connectivity index (χ0n) is 9.85. The Morgan fingerprint density at radius 3 is 2.82 bits per heavy atom. The summed E-state index contributed by atoms with van der Waals surface area (Å²) in [4.78, 5) is 18.6. The molecule has 0 aromatic carbocycles. The number of carbonyl (C=O) groups is 1. The molecule has 1 rings (SSSR count). The van der Waals surface area contributed by atoms with Gasteiger partial charge in [-0.25, -0.2) is 14.8 Å². The van der Waals surface area contributed by atoms with Gasteiger partial charge in [-0.15, -0.1) is 0 Å². The van der Waals surface area contributed by atoms with Crippen molar-refractivity contribution in [3.63, 3.8) is 0 Å². The maximum atomic E-state index is 10.8. The van der Waals surface area contributed by atoms with E-state index in [1.54, 1.807) is 7.11 Å². The van der Waals surface area contributed by atoms with Gasteiger partial charge >= 0.3 is 5.97 Å². The second-order valence-electron chi connectivity index (χ2n) is 3.54. The molecule has 6 heteroatoms. The number of unbranched alkanes of at least 4 members (excludes halogenated alkanes) is 2. The van der Waals surface area contributed by atoms with Gasteiger partial charge in [0.15, 0.2) is 11.5 Å². The second-order valence-corrected chi connectivity index (χ2v) is 3.54. The highest BCUT2D eigenvalue weighted by atomic mass is 16.5. The molecule has 0 aliphatic rings. The number of aromatic nitrogens is 2. The molecule has 0 saturated carbocycles. The van der Waals surface area contributed by atoms with Crippen molar-refractivity contribution in [2.45, 2.75) is 19.3 Å². The molecule has 6 nitrogen and oxygen atoms in total. The van der Waals surface area contributed by atoms with E-state index in [0.29, 0.717) is 12.4 Å². The lowest BCUT2D eigenvalue weighted by Gasteiger charge is -2.06. The number of aromatic carboxylic acids is 1. The average Bonchev–Trinajstić information content (AvgIpc) is 2.34. The molecule has 0 fully saturated rings. The van der Waals surface area contributed by atoms with E-state index in [2.05, 4.69) is 15.3 Å². The number of carboxylic acids is 1. The van der Waals surface area contributed by atoms with Crippen molar-refractivity contribution >= 4 is 11.8 Å². The van der Waals surface area contributed by atoms with Gasteiger partial charge in [0.25, 0.3) is 0 Å². The van der Waals surface area contributed by atoms with Crippen molar-refractivity contribution in [1.29, 1.82) is 0 Å². The Balaban J connectivity index is 2.34. The maximum absolute atomic E-state index is 10.8. The minimum Gasteiger partial charge on any atom is -0.476 e. The Hall–Kier alpha value is -1.69. The van der Waals surface area contributed by atoms with Gasteiger partial charge in [-0.05, 0) is 19.3 Å². The predicted octanol–water partition coefficient (Wildman–Crippen LogP) is 1.40. The Kier molecular flexibility index (Phi) is 5.95. The molecule has 1 heterocycles. The third kappa shape index (κ3) is 4.78. The van der Waals surface area contributed by atoms with Gasteiger partial charge in [0.2, 0.25) is 0 Å². The van der Waals surface area contributed by atoms with Crippen LogP contribution in [0.25, 0.3) is 0 Å². The number of carboxylic acid groups (broad SMARTS) is 1. The lowest BCUT2D eigenvalue weighted by Crippen LogP contribution is -2.11. The second kappa shape index (κ2) is 7.56. The predicted molar refractivity (Wildman–Crippen MR) is 63.2 cm³/mol. The largest absolute Gasteiger partial charge is 0.476 e. The van der Waals surface area contributed by atoms with Gasteiger partial charge in [0, 0.05) is 32.7 Å². The zero-order chi connectivity index (χ0) is 12.5. The lowest BCUT2D eigenvalue weighted by molar-refractivity contribution is 0.0691. The molecule has 2 N–H and O–H groups in total. The molecule has 0 spiro atoms. The molecule has 0 unspecified atom stereocenters. The molecule has 0 aliphatic heterocycles. The fraction of sp³-hybridized carbons (Fsp3) is 0.545. The Labute approximate surface area is 100 Å². The fourth-order valence-electron chi connectivity index (χ4n) is 1.38. The van der Waals surface area contributed by atoms with E-state index >= 15 is 0 Å². The molecule has 0 aliphatic carbocycles. The van der Waals surface area contributed by atoms with E-state index in [1.807, 2.05) is 0 Å². The summed E-state index contributed by atoms with van der Waals surface area (Å²) in [6, 6.07) is 0. The molecule has 0 amide bonds. The standard InChI is InChI=1S/C11H17N3O3/c1-17-8-4-2-3-5-13-10-9(11(15)16)12-6-7-14-10/h6-7H,2-5,8H2,1H3,(H,13,14)(H,15,16). The van der Waals surface area contributed by atoms with E-state index < -0.39 is 5.97 Å². The quantitative estimate of drug-likeness (QED) is 0.667. The molecule has 0 saturated heterocycles. The molecule has 0 atom stereocenters. The van der Waals surface area contributed by atoms with Crippen molar-refractivity contribution < 1.29 is 14.6 Å². The van der Waals surface area contributed by atoms with Gasteiger partial charge in [-0.3, -0.25) is 0 Å². The number of ether oxygens (including phenoxy) is 1. The average molecular weight is 239 g/mol. The van der Waals surface area contributed by atoms with E-state index in [1.165, 1.54) is 12.4 Å². The van der Waals surface area contributed by atoms with Crippen LogP contribution in [0.4, 0.5) is 5.82 Å². The summed E-state index contributed by atoms with van der Waals surface area (Å²) in [6.45, 7) is 1.44. The monoisotopic (exact) mass is 239 g/mol. The number of methoxy groups -OCH3 is 1. The first-order valence-corrected chi connectivity index (χ1v) is 5.53. The molecule has 1 aromatic heterocycles. The highest BCUT2D eigenvalue weighted by molar-refractivity contribution is 5.90. The summed E-state index contributed by atoms with van der Waals surface area (Å²) in [6.07, 6.45) is 5.82. The minimum absolute atomic E-state index is 0.0376. The third-order valence-corrected chi connectivity index (χ3v) is 2.22. The summed E-state index contributed by atoms with van der Waals surface area (Å²) in [5.74, 6) is -0.744. The van der Waals surface area contributed by atoms with Crippen LogP contribution in [-0.4, -0.2) is 41.3 Å². The first-order chi connectivity index (χ1) is 8.25. The molecule has 0 bridgehead atoms. The van der Waals surface area contributed by atoms with Crippen LogP contribution in [0.1, 0.15) is 29.8 Å². The normalized spacial score (nSPS) is 10.2. The van der Waals surface area contributed by atoms with Gasteiger partial charge in [0.1, 0.15) is 0 Å². The number of anilines is 1. The molecule has 1 aromatic rings. The Bertz CT molecular complexity index is 358. The van der Waals surface area contributed by atoms with Crippen LogP contribution >= 0.6 is 0 Å². The van der Waals surface area contributed by atoms with Gasteiger partial charge in [-0.2, -0.15) is 0 Å². The number of nitrogens with one attached hydrogen (secondary N) is 1. The highest BCUT2D eigenvalue weighted by Gasteiger charge is 2.11. The van der Waals surface area contributed by atoms with Crippen molar-refractivity contribution in [2.75, 3.05) is 25.6 Å². The summed E-state index contributed by atoms with van der Waals surface area (Å²) in [5, 5.41) is 11.9. The van der Waals surface area contributed by atoms with Crippen molar-refractivity contribution in [3.05, 3.63) is 18.1 Å². The van der Waals surface area contributed by atoms with E-state index in [4.69, 9.17) is 9.84 Å². The molecule has 17 heavy (non-hydrogen) atoms. The topological polar surface area (TPSA) is 84.3 Å². The first kappa shape index (κ1) is 13.4. The van der Waals surface area contributed by atoms with Crippen LogP contribution in [0.15, 0.2) is 12.4 Å². The van der Waals surface area contributed by atoms with Crippen LogP contribution in [-0.2, 0) is 4.74 Å². The zero-order valence-corrected chi connectivity index (χ0v) is 9.85. The number of hydrogen-bond donors (Lipinski definition) is 2. The van der Waals surface area contributed by atoms with Crippen LogP contribution in [0, 0.1) is 0 Å². The minimum atomic E-state index is -1.07. The number of rotatable bonds is 8. The van der Waals surface area contributed by atoms with Crippen LogP contribution in [0.5, 0.6) is 0 Å². The van der Waals surface area contributed by atoms with Crippen molar-refractivity contribution in [3.8, 4) is 0 Å². The molecular weight excluding hydrogens is 222 g/mol. The fourth-order valence-corrected chi connectivity index (χ4v) is 1.38. The lowest BCUT2D eigenvalue weighted by atomic mass is 10.2. The molecule has 94 valence electrons. The van der Waals surface area contributed by atoms with Crippen LogP contribution in [0.2, 0.25) is 0 Å². The van der Waals surface area contributed by atoms with Gasteiger partial charge < -0.3 is 15.2 Å². The summed E-state index contributed by atoms with van der Waals surface area (Å²) < 4.78 is 4.94. The van der Waals surface area contributed by atoms with Crippen LogP contribution < -0.4 is 5.32 Å². The maximum Gasteiger partial charge on any atom is 0.358 e. The number of nitrogens with zero attached hydrogens (tertiary/aromatic N) is 2. The van der Waals surface area contributed by atoms with Crippen molar-refractivity contribution in [1.82, 2.24) is 9.97 Å². The summed E-state index contributed by atoms with van der Waals surface area (Å²) >= 11 is 0. The van der Waals surface area contributed by atoms with E-state index in [0.717, 1.165) is 25.9 Å². The van der Waals surface area contributed by atoms with Gasteiger partial charge in [0.05, 0.1) is 0 Å². The SMILES string of the molecule is COCCCCCNc1nccnc1C(=O)O. The van der Waals surface area contributed by atoms with Gasteiger partial charge in [-0.1, -0.05) is 0 Å². The van der Waals surface area contributed by atoms with E-state index in [-0.39, 0.29) is 5.69 Å². The van der Waals surface area contributed by atoms with Crippen LogP contribution in [0.3, 0.4) is 0 Å². The third-order valence-electron chi connectivity index (χ3n) is 2.22. The highest BCUT2D eigenvalue weighted by Crippen LogP contribution is 2.08. The molecule has 0 radical (unpaired) electrons. The number of hydrogen-bond acceptors (Lipinski definition) is 5. The Morgan fingerprint density at radius 2 is 2.12 bits per heavy atom. The molecular formula is C11H17N3O3. The van der Waals surface area contributed by atoms with Crippen molar-refractivity contribution in [2.24, 2.45) is 0 Å². The smallest absolute Gasteiger partial charge is 0.358 e. The summed E-state index contributed by atoms with van der Waals surface area (Å²) in [5.41, 5.74) is -0.0376. The Morgan fingerprint density at radius 1 is 1.35 bits per heavy atom. The summed E-state index contributed by atoms with van der Waals surface area (Å²) in [7, 11) is 1.68. The first-order valence-electron chi connectivity index (χ1n) is 5.53.